The van der Waals surface area contributed by atoms with Gasteiger partial charge in [-0.25, -0.2) is 0 Å². The maximum absolute atomic E-state index is 13.2. The lowest BCUT2D eigenvalue weighted by Gasteiger charge is -2.25. The van der Waals surface area contributed by atoms with Gasteiger partial charge in [-0.1, -0.05) is 42.0 Å². The molecule has 0 aromatic heterocycles. The zero-order valence-electron chi connectivity index (χ0n) is 19.1. The highest BCUT2D eigenvalue weighted by Crippen LogP contribution is 2.42. The summed E-state index contributed by atoms with van der Waals surface area (Å²) in [6.07, 6.45) is -0.00308. The minimum absolute atomic E-state index is 0.00308. The Morgan fingerprint density at radius 3 is 2.15 bits per heavy atom. The Bertz CT molecular complexity index is 1300. The van der Waals surface area contributed by atoms with Crippen molar-refractivity contribution in [1.82, 2.24) is 0 Å². The SMILES string of the molecule is Cc1ccc(/C(O)=C2\C(=O)C(=O)N(c3ccc(C#N)cc3)C2c2ccc(OC(C)C)cc2)cc1. The van der Waals surface area contributed by atoms with E-state index in [1.54, 1.807) is 60.7 Å². The van der Waals surface area contributed by atoms with Crippen LogP contribution in [-0.2, 0) is 9.59 Å². The third-order valence-corrected chi connectivity index (χ3v) is 5.61. The van der Waals surface area contributed by atoms with Crippen molar-refractivity contribution in [2.45, 2.75) is 32.9 Å². The molecule has 34 heavy (non-hydrogen) atoms. The van der Waals surface area contributed by atoms with E-state index in [0.29, 0.717) is 28.1 Å². The Hall–Kier alpha value is -4.37. The van der Waals surface area contributed by atoms with Crippen molar-refractivity contribution >= 4 is 23.1 Å². The second-order valence-electron chi connectivity index (χ2n) is 8.43. The second-order valence-corrected chi connectivity index (χ2v) is 8.43. The number of hydrogen-bond acceptors (Lipinski definition) is 5. The highest BCUT2D eigenvalue weighted by Gasteiger charge is 2.47. The van der Waals surface area contributed by atoms with Gasteiger partial charge in [-0.3, -0.25) is 14.5 Å². The number of amides is 1. The van der Waals surface area contributed by atoms with Gasteiger partial charge < -0.3 is 9.84 Å². The number of aliphatic hydroxyl groups excluding tert-OH is 1. The molecule has 0 aliphatic carbocycles. The molecule has 1 amide bonds. The third-order valence-electron chi connectivity index (χ3n) is 5.61. The monoisotopic (exact) mass is 452 g/mol. The Morgan fingerprint density at radius 2 is 1.59 bits per heavy atom. The maximum atomic E-state index is 13.2. The van der Waals surface area contributed by atoms with Gasteiger partial charge >= 0.3 is 0 Å². The number of rotatable bonds is 5. The molecule has 0 spiro atoms. The molecule has 3 aromatic rings. The zero-order chi connectivity index (χ0) is 24.4. The van der Waals surface area contributed by atoms with Gasteiger partial charge in [0.1, 0.15) is 11.5 Å². The van der Waals surface area contributed by atoms with E-state index in [2.05, 4.69) is 0 Å². The number of carbonyl (C=O) groups excluding carboxylic acids is 2. The number of Topliss-reactive ketones (excluding diaryl/α,β-unsaturated/α-hetero) is 1. The van der Waals surface area contributed by atoms with Gasteiger partial charge in [-0.05, 0) is 62.7 Å². The summed E-state index contributed by atoms with van der Waals surface area (Å²) >= 11 is 0. The van der Waals surface area contributed by atoms with Gasteiger partial charge in [0.05, 0.1) is 29.4 Å². The van der Waals surface area contributed by atoms with Crippen molar-refractivity contribution < 1.29 is 19.4 Å². The molecular formula is C28H24N2O4. The summed E-state index contributed by atoms with van der Waals surface area (Å²) in [7, 11) is 0. The van der Waals surface area contributed by atoms with Crippen molar-refractivity contribution in [2.75, 3.05) is 4.90 Å². The Kier molecular flexibility index (Phi) is 6.20. The van der Waals surface area contributed by atoms with Crippen LogP contribution in [0.15, 0.2) is 78.4 Å². The summed E-state index contributed by atoms with van der Waals surface area (Å²) in [4.78, 5) is 27.8. The normalized spacial score (nSPS) is 17.1. The average Bonchev–Trinajstić information content (AvgIpc) is 3.09. The van der Waals surface area contributed by atoms with Crippen LogP contribution in [0.4, 0.5) is 5.69 Å². The summed E-state index contributed by atoms with van der Waals surface area (Å²) in [5.41, 5.74) is 3.01. The lowest BCUT2D eigenvalue weighted by atomic mass is 9.94. The van der Waals surface area contributed by atoms with Crippen LogP contribution >= 0.6 is 0 Å². The van der Waals surface area contributed by atoms with Gasteiger partial charge in [-0.15, -0.1) is 0 Å². The van der Waals surface area contributed by atoms with Gasteiger partial charge in [-0.2, -0.15) is 5.26 Å². The minimum atomic E-state index is -0.845. The average molecular weight is 453 g/mol. The standard InChI is InChI=1S/C28H24N2O4/c1-17(2)34-23-14-10-20(11-15-23)25-24(26(31)21-8-4-18(3)5-9-21)27(32)28(33)30(25)22-12-6-19(16-29)7-13-22/h4-15,17,25,31H,1-3H3/b26-24+. The quantitative estimate of drug-likeness (QED) is 0.323. The number of hydrogen-bond donors (Lipinski definition) is 1. The van der Waals surface area contributed by atoms with E-state index in [1.165, 1.54) is 4.90 Å². The molecule has 1 aliphatic heterocycles. The molecule has 6 nitrogen and oxygen atoms in total. The van der Waals surface area contributed by atoms with Crippen LogP contribution < -0.4 is 9.64 Å². The van der Waals surface area contributed by atoms with Crippen LogP contribution in [0, 0.1) is 18.3 Å². The molecule has 0 saturated carbocycles. The number of benzene rings is 3. The number of nitriles is 1. The van der Waals surface area contributed by atoms with Gasteiger partial charge in [0.2, 0.25) is 0 Å². The molecular weight excluding hydrogens is 428 g/mol. The van der Waals surface area contributed by atoms with Crippen molar-refractivity contribution in [2.24, 2.45) is 0 Å². The van der Waals surface area contributed by atoms with Crippen LogP contribution in [0.5, 0.6) is 5.75 Å². The number of anilines is 1. The van der Waals surface area contributed by atoms with E-state index in [1.807, 2.05) is 39.0 Å². The van der Waals surface area contributed by atoms with Crippen molar-refractivity contribution in [1.29, 1.82) is 5.26 Å². The Balaban J connectivity index is 1.88. The van der Waals surface area contributed by atoms with Crippen LogP contribution in [0.2, 0.25) is 0 Å². The molecule has 1 unspecified atom stereocenters. The van der Waals surface area contributed by atoms with Crippen molar-refractivity contribution in [3.05, 3.63) is 101 Å². The Morgan fingerprint density at radius 1 is 0.971 bits per heavy atom. The molecule has 1 fully saturated rings. The van der Waals surface area contributed by atoms with E-state index in [0.717, 1.165) is 5.56 Å². The predicted molar refractivity (Wildman–Crippen MR) is 129 cm³/mol. The molecule has 0 radical (unpaired) electrons. The number of ketones is 1. The Labute approximate surface area is 198 Å². The van der Waals surface area contributed by atoms with Crippen molar-refractivity contribution in [3.63, 3.8) is 0 Å². The van der Waals surface area contributed by atoms with Crippen LogP contribution in [-0.4, -0.2) is 22.9 Å². The van der Waals surface area contributed by atoms with Crippen LogP contribution in [0.3, 0.4) is 0 Å². The first-order valence-electron chi connectivity index (χ1n) is 10.9. The summed E-state index contributed by atoms with van der Waals surface area (Å²) in [6, 6.07) is 21.9. The first kappa shape index (κ1) is 22.8. The lowest BCUT2D eigenvalue weighted by molar-refractivity contribution is -0.132. The molecule has 1 N–H and O–H groups in total. The van der Waals surface area contributed by atoms with E-state index >= 15 is 0 Å². The zero-order valence-corrected chi connectivity index (χ0v) is 19.1. The van der Waals surface area contributed by atoms with E-state index in [-0.39, 0.29) is 17.4 Å². The smallest absolute Gasteiger partial charge is 0.300 e. The number of carbonyl (C=O) groups is 2. The minimum Gasteiger partial charge on any atom is -0.507 e. The molecule has 1 atom stereocenters. The fourth-order valence-corrected chi connectivity index (χ4v) is 3.98. The predicted octanol–water partition coefficient (Wildman–Crippen LogP) is 5.28. The fraction of sp³-hybridized carbons (Fsp3) is 0.179. The highest BCUT2D eigenvalue weighted by atomic mass is 16.5. The van der Waals surface area contributed by atoms with Crippen LogP contribution in [0.25, 0.3) is 5.76 Å². The van der Waals surface area contributed by atoms with E-state index in [9.17, 15) is 14.7 Å². The summed E-state index contributed by atoms with van der Waals surface area (Å²) in [5.74, 6) is -1.09. The lowest BCUT2D eigenvalue weighted by Crippen LogP contribution is -2.29. The topological polar surface area (TPSA) is 90.6 Å². The number of nitrogens with zero attached hydrogens (tertiary/aromatic N) is 2. The molecule has 4 rings (SSSR count). The summed E-state index contributed by atoms with van der Waals surface area (Å²) < 4.78 is 5.73. The molecule has 1 saturated heterocycles. The molecule has 170 valence electrons. The van der Waals surface area contributed by atoms with E-state index < -0.39 is 17.7 Å². The molecule has 6 heteroatoms. The number of ether oxygens (including phenoxy) is 1. The third kappa shape index (κ3) is 4.28. The van der Waals surface area contributed by atoms with Crippen LogP contribution in [0.1, 0.15) is 42.1 Å². The van der Waals surface area contributed by atoms with Gasteiger partial charge in [0.15, 0.2) is 0 Å². The first-order valence-corrected chi connectivity index (χ1v) is 10.9. The largest absolute Gasteiger partial charge is 0.507 e. The fourth-order valence-electron chi connectivity index (χ4n) is 3.98. The van der Waals surface area contributed by atoms with Gasteiger partial charge in [0.25, 0.3) is 11.7 Å². The molecule has 0 bridgehead atoms. The molecule has 3 aromatic carbocycles. The van der Waals surface area contributed by atoms with Gasteiger partial charge in [0, 0.05) is 11.3 Å². The maximum Gasteiger partial charge on any atom is 0.300 e. The second kappa shape index (κ2) is 9.24. The van der Waals surface area contributed by atoms with E-state index in [4.69, 9.17) is 10.00 Å². The number of aliphatic hydroxyl groups is 1. The summed E-state index contributed by atoms with van der Waals surface area (Å²) in [6.45, 7) is 5.78. The highest BCUT2D eigenvalue weighted by molar-refractivity contribution is 6.51. The summed E-state index contributed by atoms with van der Waals surface area (Å²) in [5, 5.41) is 20.3. The first-order chi connectivity index (χ1) is 16.3. The molecule has 1 heterocycles. The molecule has 1 aliphatic rings. The number of aryl methyl sites for hydroxylation is 1. The van der Waals surface area contributed by atoms with Crippen molar-refractivity contribution in [3.8, 4) is 11.8 Å².